The van der Waals surface area contributed by atoms with Crippen molar-refractivity contribution in [3.8, 4) is 0 Å². The van der Waals surface area contributed by atoms with Crippen molar-refractivity contribution in [2.24, 2.45) is 5.10 Å². The second kappa shape index (κ2) is 13.6. The fraction of sp³-hybridized carbons (Fsp3) is 0.300. The number of methoxy groups -OCH3 is 1. The smallest absolute Gasteiger partial charge is 0.244 e. The molecule has 1 amide bonds. The van der Waals surface area contributed by atoms with Gasteiger partial charge in [0.2, 0.25) is 5.91 Å². The van der Waals surface area contributed by atoms with Crippen LogP contribution in [0.15, 0.2) is 75.6 Å². The maximum absolute atomic E-state index is 13.0. The summed E-state index contributed by atoms with van der Waals surface area (Å²) in [4.78, 5) is 11.1. The van der Waals surface area contributed by atoms with Crippen LogP contribution in [0.25, 0.3) is 0 Å². The number of carbonyl (C=O) groups excluding carboxylic acids is 1. The third-order valence-corrected chi connectivity index (χ3v) is 3.59. The highest BCUT2D eigenvalue weighted by atomic mass is 35.5. The van der Waals surface area contributed by atoms with E-state index >= 15 is 0 Å². The summed E-state index contributed by atoms with van der Waals surface area (Å²) in [5, 5.41) is 12.5. The number of hydrazone groups is 1. The van der Waals surface area contributed by atoms with Gasteiger partial charge in [0.25, 0.3) is 0 Å². The maximum atomic E-state index is 13.0. The van der Waals surface area contributed by atoms with Crippen molar-refractivity contribution in [2.45, 2.75) is 33.1 Å². The van der Waals surface area contributed by atoms with Crippen LogP contribution in [0.5, 0.6) is 0 Å². The predicted molar refractivity (Wildman–Crippen MR) is 109 cm³/mol. The Kier molecular flexibility index (Phi) is 12.3. The first-order valence-corrected chi connectivity index (χ1v) is 8.59. The summed E-state index contributed by atoms with van der Waals surface area (Å²) in [6, 6.07) is 0. The van der Waals surface area contributed by atoms with Gasteiger partial charge >= 0.3 is 0 Å². The first-order valence-electron chi connectivity index (χ1n) is 8.21. The lowest BCUT2D eigenvalue weighted by Crippen LogP contribution is -2.16. The van der Waals surface area contributed by atoms with E-state index in [0.29, 0.717) is 12.0 Å². The first-order chi connectivity index (χ1) is 12.7. The van der Waals surface area contributed by atoms with Gasteiger partial charge in [-0.1, -0.05) is 31.2 Å². The van der Waals surface area contributed by atoms with Crippen LogP contribution in [0.4, 0.5) is 4.39 Å². The van der Waals surface area contributed by atoms with E-state index in [4.69, 9.17) is 21.4 Å². The van der Waals surface area contributed by atoms with E-state index in [1.165, 1.54) is 6.08 Å². The van der Waals surface area contributed by atoms with E-state index < -0.39 is 11.7 Å². The topological polar surface area (TPSA) is 70.9 Å². The lowest BCUT2D eigenvalue weighted by molar-refractivity contribution is -0.120. The molecule has 0 atom stereocenters. The highest BCUT2D eigenvalue weighted by Gasteiger charge is 2.07. The van der Waals surface area contributed by atoms with Crippen LogP contribution in [-0.2, 0) is 9.53 Å². The van der Waals surface area contributed by atoms with Crippen molar-refractivity contribution in [3.63, 3.8) is 0 Å². The predicted octanol–water partition coefficient (Wildman–Crippen LogP) is 5.36. The molecule has 0 aromatic carbocycles. The largest absolute Gasteiger partial charge is 0.508 e. The number of aliphatic hydroxyl groups is 1. The van der Waals surface area contributed by atoms with E-state index in [0.717, 1.165) is 23.8 Å². The van der Waals surface area contributed by atoms with Crippen LogP contribution >= 0.6 is 11.6 Å². The Balaban J connectivity index is 0.000000533. The van der Waals surface area contributed by atoms with Gasteiger partial charge in [-0.05, 0) is 49.1 Å². The molecule has 0 bridgehead atoms. The quantitative estimate of drug-likeness (QED) is 0.345. The number of hydrogen-bond acceptors (Lipinski definition) is 4. The van der Waals surface area contributed by atoms with Gasteiger partial charge in [0.05, 0.1) is 13.5 Å². The van der Waals surface area contributed by atoms with Crippen LogP contribution in [0.2, 0.25) is 0 Å². The zero-order chi connectivity index (χ0) is 20.8. The maximum Gasteiger partial charge on any atom is 0.244 e. The summed E-state index contributed by atoms with van der Waals surface area (Å²) in [5.74, 6) is 0.161. The van der Waals surface area contributed by atoms with Crippen LogP contribution in [-0.4, -0.2) is 24.8 Å². The molecular formula is C20H26ClFN2O3. The molecule has 0 saturated heterocycles. The molecule has 0 spiro atoms. The minimum Gasteiger partial charge on any atom is -0.508 e. The average Bonchev–Trinajstić information content (AvgIpc) is 2.76. The fourth-order valence-corrected chi connectivity index (χ4v) is 2.05. The molecule has 0 aliphatic heterocycles. The normalized spacial score (nSPS) is 14.5. The Bertz CT molecular complexity index is 704. The number of nitrogens with zero attached hydrogens (tertiary/aromatic N) is 1. The third-order valence-electron chi connectivity index (χ3n) is 3.21. The molecule has 5 nitrogen and oxygen atoms in total. The SMILES string of the molecule is C=NNC(=O)CC(=C)/C(Cl)=C\C(F)=C/CC.COC1=C(C)CC=CC(O)=C1. The molecule has 27 heavy (non-hydrogen) atoms. The average molecular weight is 397 g/mol. The Hall–Kier alpha value is -2.60. The van der Waals surface area contributed by atoms with Gasteiger partial charge in [0.15, 0.2) is 0 Å². The van der Waals surface area contributed by atoms with Crippen LogP contribution < -0.4 is 5.43 Å². The fourth-order valence-electron chi connectivity index (χ4n) is 1.88. The molecule has 0 unspecified atom stereocenters. The molecule has 0 saturated carbocycles. The lowest BCUT2D eigenvalue weighted by atomic mass is 10.2. The van der Waals surface area contributed by atoms with Crippen molar-refractivity contribution in [3.05, 3.63) is 70.5 Å². The highest BCUT2D eigenvalue weighted by Crippen LogP contribution is 2.19. The van der Waals surface area contributed by atoms with Gasteiger partial charge in [-0.2, -0.15) is 5.10 Å². The molecule has 0 aromatic heterocycles. The second-order valence-corrected chi connectivity index (χ2v) is 5.89. The molecule has 1 aliphatic rings. The van der Waals surface area contributed by atoms with E-state index in [2.05, 4.69) is 23.8 Å². The molecule has 1 aliphatic carbocycles. The van der Waals surface area contributed by atoms with Crippen molar-refractivity contribution in [1.29, 1.82) is 0 Å². The highest BCUT2D eigenvalue weighted by molar-refractivity contribution is 6.32. The van der Waals surface area contributed by atoms with Gasteiger partial charge in [-0.25, -0.2) is 9.82 Å². The Morgan fingerprint density at radius 3 is 2.78 bits per heavy atom. The Labute approximate surface area is 164 Å². The Morgan fingerprint density at radius 2 is 2.22 bits per heavy atom. The summed E-state index contributed by atoms with van der Waals surface area (Å²) in [7, 11) is 1.61. The zero-order valence-corrected chi connectivity index (χ0v) is 16.6. The Morgan fingerprint density at radius 1 is 1.56 bits per heavy atom. The molecule has 7 heteroatoms. The van der Waals surface area contributed by atoms with Crippen LogP contribution in [0.3, 0.4) is 0 Å². The standard InChI is InChI=1S/C11H14ClFN2O.C9H12O2/c1-4-5-9(13)7-10(12)8(2)6-11(16)15-14-3;1-7-4-3-5-8(10)6-9(7)11-2/h5,7H,2-4,6H2,1H3,(H,15,16);3,5-6,10H,4H2,1-2H3/b9-5+,10-7+;. The van der Waals surface area contributed by atoms with Gasteiger partial charge in [-0.15, -0.1) is 0 Å². The van der Waals surface area contributed by atoms with Crippen LogP contribution in [0.1, 0.15) is 33.1 Å². The molecule has 2 N–H and O–H groups in total. The number of ether oxygens (including phenoxy) is 1. The summed E-state index contributed by atoms with van der Waals surface area (Å²) in [6.07, 6.45) is 9.07. The number of halogens is 2. The van der Waals surface area contributed by atoms with Crippen molar-refractivity contribution >= 4 is 24.2 Å². The van der Waals surface area contributed by atoms with Crippen molar-refractivity contribution in [2.75, 3.05) is 7.11 Å². The summed E-state index contributed by atoms with van der Waals surface area (Å²) in [6.45, 7) is 10.5. The molecule has 0 aromatic rings. The second-order valence-electron chi connectivity index (χ2n) is 5.49. The van der Waals surface area contributed by atoms with E-state index in [-0.39, 0.29) is 17.2 Å². The van der Waals surface area contributed by atoms with E-state index in [1.54, 1.807) is 26.2 Å². The monoisotopic (exact) mass is 396 g/mol. The number of carbonyl (C=O) groups is 1. The number of nitrogens with one attached hydrogen (secondary N) is 1. The molecule has 1 rings (SSSR count). The van der Waals surface area contributed by atoms with Gasteiger partial charge in [0, 0.05) is 17.8 Å². The number of amides is 1. The van der Waals surface area contributed by atoms with Crippen molar-refractivity contribution in [1.82, 2.24) is 5.43 Å². The van der Waals surface area contributed by atoms with Crippen molar-refractivity contribution < 1.29 is 19.0 Å². The van der Waals surface area contributed by atoms with Gasteiger partial charge in [0.1, 0.15) is 17.3 Å². The third kappa shape index (κ3) is 10.9. The minimum atomic E-state index is -0.448. The molecule has 0 radical (unpaired) electrons. The minimum absolute atomic E-state index is 0.0479. The molecule has 148 valence electrons. The number of allylic oxidation sites excluding steroid dienone is 8. The van der Waals surface area contributed by atoms with Crippen LogP contribution in [0, 0.1) is 0 Å². The lowest BCUT2D eigenvalue weighted by Gasteiger charge is -2.02. The molecule has 0 heterocycles. The summed E-state index contributed by atoms with van der Waals surface area (Å²) >= 11 is 5.76. The first kappa shape index (κ1) is 24.4. The van der Waals surface area contributed by atoms with Gasteiger partial charge < -0.3 is 9.84 Å². The summed E-state index contributed by atoms with van der Waals surface area (Å²) < 4.78 is 18.1. The van der Waals surface area contributed by atoms with Gasteiger partial charge in [-0.3, -0.25) is 4.79 Å². The zero-order valence-electron chi connectivity index (χ0n) is 15.9. The van der Waals surface area contributed by atoms with E-state index in [1.807, 2.05) is 13.0 Å². The molecule has 0 fully saturated rings. The van der Waals surface area contributed by atoms with E-state index in [9.17, 15) is 9.18 Å². The number of aliphatic hydroxyl groups excluding tert-OH is 1. The molecular weight excluding hydrogens is 371 g/mol. The number of rotatable bonds is 7. The summed E-state index contributed by atoms with van der Waals surface area (Å²) in [5.41, 5.74) is 3.58. The number of hydrogen-bond donors (Lipinski definition) is 2.